The van der Waals surface area contributed by atoms with Crippen molar-refractivity contribution in [1.82, 2.24) is 15.2 Å². The molecule has 0 bridgehead atoms. The van der Waals surface area contributed by atoms with Crippen molar-refractivity contribution >= 4 is 5.91 Å². The Balaban J connectivity index is 1.63. The summed E-state index contributed by atoms with van der Waals surface area (Å²) in [5.41, 5.74) is 1.26. The minimum Gasteiger partial charge on any atom is -0.396 e. The number of carbonyl (C=O) groups is 1. The number of amides is 1. The number of aliphatic hydroxyl groups is 1. The van der Waals surface area contributed by atoms with E-state index in [1.807, 2.05) is 19.1 Å². The number of aromatic nitrogens is 1. The normalized spacial score (nSPS) is 26.3. The van der Waals surface area contributed by atoms with Gasteiger partial charge >= 0.3 is 0 Å². The smallest absolute Gasteiger partial charge is 0.270 e. The largest absolute Gasteiger partial charge is 0.396 e. The van der Waals surface area contributed by atoms with Gasteiger partial charge in [0.1, 0.15) is 5.69 Å². The van der Waals surface area contributed by atoms with E-state index in [1.54, 1.807) is 6.07 Å². The van der Waals surface area contributed by atoms with Crippen LogP contribution in [-0.2, 0) is 4.74 Å². The molecule has 0 aliphatic carbocycles. The maximum absolute atomic E-state index is 12.4. The second-order valence-corrected chi connectivity index (χ2v) is 6.48. The van der Waals surface area contributed by atoms with Gasteiger partial charge in [-0.3, -0.25) is 9.69 Å². The molecule has 2 saturated heterocycles. The quantitative estimate of drug-likeness (QED) is 0.850. The number of rotatable bonds is 4. The zero-order chi connectivity index (χ0) is 16.2. The van der Waals surface area contributed by atoms with Crippen LogP contribution in [-0.4, -0.2) is 65.9 Å². The molecule has 0 unspecified atom stereocenters. The number of hydrogen-bond donors (Lipinski definition) is 2. The molecule has 1 amide bonds. The molecule has 2 atom stereocenters. The maximum Gasteiger partial charge on any atom is 0.270 e. The van der Waals surface area contributed by atoms with E-state index in [4.69, 9.17) is 4.74 Å². The standard InChI is InChI=1S/C17H25N3O3/c1-12-3-2-4-15(18-12)17(22)19-16-10-20(9-13(16)11-21)14-5-7-23-8-6-14/h2-4,13-14,16,21H,5-11H2,1H3,(H,19,22)/t13-,16+/m0/s1. The number of carbonyl (C=O) groups excluding carboxylic acids is 1. The molecule has 1 aromatic heterocycles. The number of pyridine rings is 1. The topological polar surface area (TPSA) is 74.7 Å². The molecule has 0 aromatic carbocycles. The summed E-state index contributed by atoms with van der Waals surface area (Å²) in [6, 6.07) is 5.90. The predicted octanol–water partition coefficient (Wildman–Crippen LogP) is 0.592. The van der Waals surface area contributed by atoms with E-state index < -0.39 is 0 Å². The first-order chi connectivity index (χ1) is 11.2. The van der Waals surface area contributed by atoms with Gasteiger partial charge in [0, 0.05) is 56.6 Å². The lowest BCUT2D eigenvalue weighted by atomic mass is 10.1. The first kappa shape index (κ1) is 16.4. The highest BCUT2D eigenvalue weighted by Gasteiger charge is 2.37. The minimum absolute atomic E-state index is 0.0299. The molecule has 3 heterocycles. The van der Waals surface area contributed by atoms with E-state index in [0.717, 1.165) is 44.8 Å². The molecule has 0 saturated carbocycles. The second kappa shape index (κ2) is 7.38. The number of hydrogen-bond acceptors (Lipinski definition) is 5. The highest BCUT2D eigenvalue weighted by atomic mass is 16.5. The average molecular weight is 319 g/mol. The highest BCUT2D eigenvalue weighted by molar-refractivity contribution is 5.92. The summed E-state index contributed by atoms with van der Waals surface area (Å²) in [4.78, 5) is 19.1. The number of nitrogens with one attached hydrogen (secondary N) is 1. The number of aliphatic hydroxyl groups excluding tert-OH is 1. The summed E-state index contributed by atoms with van der Waals surface area (Å²) in [6.45, 7) is 5.17. The number of ether oxygens (including phenoxy) is 1. The van der Waals surface area contributed by atoms with Crippen molar-refractivity contribution in [2.75, 3.05) is 32.9 Å². The van der Waals surface area contributed by atoms with Crippen LogP contribution < -0.4 is 5.32 Å². The molecule has 1 aromatic rings. The zero-order valence-electron chi connectivity index (χ0n) is 13.6. The number of aryl methyl sites for hydroxylation is 1. The molecule has 0 radical (unpaired) electrons. The van der Waals surface area contributed by atoms with Gasteiger partial charge in [-0.2, -0.15) is 0 Å². The minimum atomic E-state index is -0.161. The summed E-state index contributed by atoms with van der Waals surface area (Å²) in [7, 11) is 0. The van der Waals surface area contributed by atoms with Gasteiger partial charge in [0.05, 0.1) is 0 Å². The van der Waals surface area contributed by atoms with Crippen LogP contribution in [0.3, 0.4) is 0 Å². The van der Waals surface area contributed by atoms with Crippen molar-refractivity contribution in [3.63, 3.8) is 0 Å². The number of likely N-dealkylation sites (tertiary alicyclic amines) is 1. The van der Waals surface area contributed by atoms with Crippen LogP contribution in [0.5, 0.6) is 0 Å². The Hall–Kier alpha value is -1.50. The van der Waals surface area contributed by atoms with E-state index in [9.17, 15) is 9.90 Å². The first-order valence-electron chi connectivity index (χ1n) is 8.34. The van der Waals surface area contributed by atoms with Gasteiger partial charge in [-0.05, 0) is 31.9 Å². The van der Waals surface area contributed by atoms with E-state index in [0.29, 0.717) is 11.7 Å². The summed E-state index contributed by atoms with van der Waals surface area (Å²) < 4.78 is 5.42. The van der Waals surface area contributed by atoms with Crippen LogP contribution in [0.25, 0.3) is 0 Å². The van der Waals surface area contributed by atoms with Gasteiger partial charge in [0.2, 0.25) is 0 Å². The third-order valence-electron chi connectivity index (χ3n) is 4.85. The zero-order valence-corrected chi connectivity index (χ0v) is 13.6. The van der Waals surface area contributed by atoms with Gasteiger partial charge < -0.3 is 15.2 Å². The predicted molar refractivity (Wildman–Crippen MR) is 86.2 cm³/mol. The van der Waals surface area contributed by atoms with Crippen LogP contribution in [0.15, 0.2) is 18.2 Å². The van der Waals surface area contributed by atoms with Gasteiger partial charge in [-0.15, -0.1) is 0 Å². The van der Waals surface area contributed by atoms with Crippen molar-refractivity contribution in [3.05, 3.63) is 29.6 Å². The molecule has 6 nitrogen and oxygen atoms in total. The highest BCUT2D eigenvalue weighted by Crippen LogP contribution is 2.24. The van der Waals surface area contributed by atoms with Crippen LogP contribution >= 0.6 is 0 Å². The third kappa shape index (κ3) is 3.88. The lowest BCUT2D eigenvalue weighted by Gasteiger charge is -2.31. The van der Waals surface area contributed by atoms with Crippen LogP contribution in [0.2, 0.25) is 0 Å². The SMILES string of the molecule is Cc1cccc(C(=O)N[C@@H]2CN(C3CCOCC3)C[C@H]2CO)n1. The van der Waals surface area contributed by atoms with Crippen LogP contribution in [0.4, 0.5) is 0 Å². The Bertz CT molecular complexity index is 546. The van der Waals surface area contributed by atoms with E-state index in [-0.39, 0.29) is 24.5 Å². The van der Waals surface area contributed by atoms with Gasteiger partial charge in [-0.1, -0.05) is 6.07 Å². The molecule has 2 fully saturated rings. The molecular formula is C17H25N3O3. The molecule has 126 valence electrons. The molecular weight excluding hydrogens is 294 g/mol. The van der Waals surface area contributed by atoms with Crippen molar-refractivity contribution in [2.24, 2.45) is 5.92 Å². The van der Waals surface area contributed by atoms with Gasteiger partial charge in [0.15, 0.2) is 0 Å². The van der Waals surface area contributed by atoms with Crippen molar-refractivity contribution in [3.8, 4) is 0 Å². The monoisotopic (exact) mass is 319 g/mol. The summed E-state index contributed by atoms with van der Waals surface area (Å²) in [5, 5.41) is 12.7. The molecule has 3 rings (SSSR count). The fourth-order valence-corrected chi connectivity index (χ4v) is 3.51. The van der Waals surface area contributed by atoms with E-state index in [1.165, 1.54) is 0 Å². The summed E-state index contributed by atoms with van der Waals surface area (Å²) >= 11 is 0. The van der Waals surface area contributed by atoms with Crippen molar-refractivity contribution < 1.29 is 14.6 Å². The van der Waals surface area contributed by atoms with Crippen molar-refractivity contribution in [2.45, 2.75) is 31.8 Å². The molecule has 2 aliphatic rings. The van der Waals surface area contributed by atoms with Crippen LogP contribution in [0, 0.1) is 12.8 Å². The van der Waals surface area contributed by atoms with Crippen LogP contribution in [0.1, 0.15) is 29.0 Å². The molecule has 2 aliphatic heterocycles. The molecule has 0 spiro atoms. The Kier molecular flexibility index (Phi) is 5.25. The summed E-state index contributed by atoms with van der Waals surface area (Å²) in [6.07, 6.45) is 2.05. The fourth-order valence-electron chi connectivity index (χ4n) is 3.51. The average Bonchev–Trinajstić information content (AvgIpc) is 2.98. The Morgan fingerprint density at radius 3 is 2.87 bits per heavy atom. The Labute approximate surface area is 136 Å². The third-order valence-corrected chi connectivity index (χ3v) is 4.85. The fraction of sp³-hybridized carbons (Fsp3) is 0.647. The van der Waals surface area contributed by atoms with Crippen molar-refractivity contribution in [1.29, 1.82) is 0 Å². The van der Waals surface area contributed by atoms with Gasteiger partial charge in [0.25, 0.3) is 5.91 Å². The maximum atomic E-state index is 12.4. The molecule has 23 heavy (non-hydrogen) atoms. The van der Waals surface area contributed by atoms with E-state index >= 15 is 0 Å². The number of nitrogens with zero attached hydrogens (tertiary/aromatic N) is 2. The summed E-state index contributed by atoms with van der Waals surface area (Å²) in [5.74, 6) is -0.0856. The molecule has 6 heteroatoms. The second-order valence-electron chi connectivity index (χ2n) is 6.48. The molecule has 2 N–H and O–H groups in total. The first-order valence-corrected chi connectivity index (χ1v) is 8.34. The lowest BCUT2D eigenvalue weighted by Crippen LogP contribution is -2.43. The Morgan fingerprint density at radius 1 is 1.39 bits per heavy atom. The van der Waals surface area contributed by atoms with E-state index in [2.05, 4.69) is 15.2 Å². The lowest BCUT2D eigenvalue weighted by molar-refractivity contribution is 0.0398. The van der Waals surface area contributed by atoms with Gasteiger partial charge in [-0.25, -0.2) is 4.98 Å². The Morgan fingerprint density at radius 2 is 2.17 bits per heavy atom.